The first-order chi connectivity index (χ1) is 17.1. The zero-order chi connectivity index (χ0) is 23.9. The summed E-state index contributed by atoms with van der Waals surface area (Å²) in [5, 5.41) is 9.42. The second-order valence-electron chi connectivity index (χ2n) is 9.59. The van der Waals surface area contributed by atoms with Gasteiger partial charge in [-0.1, -0.05) is 53.6 Å². The van der Waals surface area contributed by atoms with Crippen LogP contribution < -0.4 is 5.32 Å². The Bertz CT molecular complexity index is 1380. The number of aromatic nitrogens is 3. The lowest BCUT2D eigenvalue weighted by Gasteiger charge is -2.14. The van der Waals surface area contributed by atoms with Crippen LogP contribution in [0.2, 0.25) is 5.02 Å². The van der Waals surface area contributed by atoms with E-state index in [1.165, 1.54) is 22.3 Å². The molecule has 35 heavy (non-hydrogen) atoms. The predicted molar refractivity (Wildman–Crippen MR) is 145 cm³/mol. The molecule has 6 rings (SSSR count). The number of hydrogen-bond acceptors (Lipinski definition) is 3. The Labute approximate surface area is 216 Å². The highest BCUT2D eigenvalue weighted by molar-refractivity contribution is 7.80. The third kappa shape index (κ3) is 4.18. The van der Waals surface area contributed by atoms with Crippen molar-refractivity contribution >= 4 is 34.5 Å². The predicted octanol–water partition coefficient (Wildman–Crippen LogP) is 6.21. The standard InChI is InChI=1S/C28H29ClN4OS/c1-18-7-9-19(10-8-18)24-23-6-2-3-15-32-26(20-11-13-21(29)14-12-20)31-33(28(23)32)25(24)27(35)30-17-22-5-4-16-34-22/h7-14,22H,2-6,15-17H2,1H3,(H,30,35)/t22-/m1/s1. The fourth-order valence-corrected chi connectivity index (χ4v) is 5.79. The maximum absolute atomic E-state index is 6.18. The molecule has 5 nitrogen and oxygen atoms in total. The number of ether oxygens (including phenoxy) is 1. The van der Waals surface area contributed by atoms with Gasteiger partial charge in [0.1, 0.15) is 16.3 Å². The monoisotopic (exact) mass is 504 g/mol. The Morgan fingerprint density at radius 2 is 1.86 bits per heavy atom. The van der Waals surface area contributed by atoms with Gasteiger partial charge in [-0.3, -0.25) is 0 Å². The normalized spacial score (nSPS) is 17.6. The number of aryl methyl sites for hydroxylation is 3. The first-order valence-electron chi connectivity index (χ1n) is 12.5. The van der Waals surface area contributed by atoms with Crippen LogP contribution in [0.4, 0.5) is 0 Å². The van der Waals surface area contributed by atoms with Crippen molar-refractivity contribution in [2.24, 2.45) is 0 Å². The Kier molecular flexibility index (Phi) is 6.13. The molecule has 0 bridgehead atoms. The smallest absolute Gasteiger partial charge is 0.162 e. The van der Waals surface area contributed by atoms with Gasteiger partial charge in [0.15, 0.2) is 5.82 Å². The van der Waals surface area contributed by atoms with E-state index in [1.807, 2.05) is 24.3 Å². The summed E-state index contributed by atoms with van der Waals surface area (Å²) in [4.78, 5) is 0.727. The summed E-state index contributed by atoms with van der Waals surface area (Å²) in [6.45, 7) is 4.61. The van der Waals surface area contributed by atoms with Gasteiger partial charge >= 0.3 is 0 Å². The Balaban J connectivity index is 1.54. The van der Waals surface area contributed by atoms with Crippen molar-refractivity contribution in [1.82, 2.24) is 19.5 Å². The number of nitrogens with one attached hydrogen (secondary N) is 1. The van der Waals surface area contributed by atoms with Crippen LogP contribution in [0.25, 0.3) is 28.2 Å². The molecule has 1 fully saturated rings. The molecule has 0 saturated carbocycles. The minimum atomic E-state index is 0.215. The second kappa shape index (κ2) is 9.41. The highest BCUT2D eigenvalue weighted by Gasteiger charge is 2.29. The van der Waals surface area contributed by atoms with E-state index in [-0.39, 0.29) is 6.10 Å². The summed E-state index contributed by atoms with van der Waals surface area (Å²) in [7, 11) is 0. The molecule has 4 heterocycles. The molecule has 0 amide bonds. The van der Waals surface area contributed by atoms with Gasteiger partial charge in [0, 0.05) is 41.4 Å². The van der Waals surface area contributed by atoms with E-state index in [0.29, 0.717) is 0 Å². The first kappa shape index (κ1) is 22.8. The van der Waals surface area contributed by atoms with Crippen molar-refractivity contribution in [2.75, 3.05) is 13.2 Å². The van der Waals surface area contributed by atoms with Crippen LogP contribution in [0.5, 0.6) is 0 Å². The maximum atomic E-state index is 6.18. The topological polar surface area (TPSA) is 43.5 Å². The van der Waals surface area contributed by atoms with Crippen LogP contribution in [-0.2, 0) is 17.7 Å². The van der Waals surface area contributed by atoms with Crippen LogP contribution in [0, 0.1) is 6.92 Å². The van der Waals surface area contributed by atoms with Crippen molar-refractivity contribution in [1.29, 1.82) is 0 Å². The fourth-order valence-electron chi connectivity index (χ4n) is 5.39. The third-order valence-corrected chi connectivity index (χ3v) is 7.75. The van der Waals surface area contributed by atoms with Gasteiger partial charge in [0.2, 0.25) is 0 Å². The third-order valence-electron chi connectivity index (χ3n) is 7.16. The summed E-state index contributed by atoms with van der Waals surface area (Å²) in [5.74, 6) is 0.957. The van der Waals surface area contributed by atoms with E-state index in [1.54, 1.807) is 0 Å². The van der Waals surface area contributed by atoms with Crippen LogP contribution in [0.1, 0.15) is 42.5 Å². The van der Waals surface area contributed by atoms with Gasteiger partial charge in [-0.25, -0.2) is 4.52 Å². The number of halogens is 1. The lowest BCUT2D eigenvalue weighted by atomic mass is 9.97. The first-order valence-corrected chi connectivity index (χ1v) is 13.3. The minimum Gasteiger partial charge on any atom is -0.376 e. The number of benzene rings is 2. The average Bonchev–Trinajstić information content (AvgIpc) is 3.54. The van der Waals surface area contributed by atoms with Crippen LogP contribution in [0.3, 0.4) is 0 Å². The van der Waals surface area contributed by atoms with Crippen LogP contribution >= 0.6 is 23.8 Å². The van der Waals surface area contributed by atoms with E-state index in [9.17, 15) is 0 Å². The van der Waals surface area contributed by atoms with Crippen LogP contribution in [-0.4, -0.2) is 38.4 Å². The van der Waals surface area contributed by atoms with Gasteiger partial charge in [-0.05, 0) is 68.9 Å². The number of hydrogen-bond donors (Lipinski definition) is 1. The SMILES string of the molecule is Cc1ccc(-c2c3c4n(c(-c5ccc(Cl)cc5)nn4c2C(=S)NC[C@H]2CCCO2)CCCC3)cc1. The molecular weight excluding hydrogens is 476 g/mol. The molecule has 1 N–H and O–H groups in total. The molecule has 0 spiro atoms. The summed E-state index contributed by atoms with van der Waals surface area (Å²) >= 11 is 12.2. The van der Waals surface area contributed by atoms with E-state index < -0.39 is 0 Å². The van der Waals surface area contributed by atoms with Crippen molar-refractivity contribution in [3.8, 4) is 22.5 Å². The fraction of sp³-hybridized carbons (Fsp3) is 0.357. The zero-order valence-corrected chi connectivity index (χ0v) is 21.5. The van der Waals surface area contributed by atoms with E-state index >= 15 is 0 Å². The van der Waals surface area contributed by atoms with E-state index in [2.05, 4.69) is 45.6 Å². The zero-order valence-electron chi connectivity index (χ0n) is 19.9. The molecule has 0 aliphatic carbocycles. The quantitative estimate of drug-likeness (QED) is 0.328. The average molecular weight is 505 g/mol. The maximum Gasteiger partial charge on any atom is 0.162 e. The van der Waals surface area contributed by atoms with Gasteiger partial charge in [-0.15, -0.1) is 5.10 Å². The summed E-state index contributed by atoms with van der Waals surface area (Å²) in [5.41, 5.74) is 8.16. The molecule has 1 atom stereocenters. The Hall–Kier alpha value is -2.67. The molecule has 2 aliphatic rings. The number of thiocarbonyl (C=S) groups is 1. The summed E-state index contributed by atoms with van der Waals surface area (Å²) in [6, 6.07) is 16.7. The second-order valence-corrected chi connectivity index (χ2v) is 10.4. The van der Waals surface area contributed by atoms with Crippen molar-refractivity contribution in [2.45, 2.75) is 51.7 Å². The molecular formula is C28H29ClN4OS. The van der Waals surface area contributed by atoms with Gasteiger partial charge in [-0.2, -0.15) is 0 Å². The van der Waals surface area contributed by atoms with Crippen molar-refractivity contribution in [3.05, 3.63) is 70.4 Å². The summed E-state index contributed by atoms with van der Waals surface area (Å²) < 4.78 is 10.3. The van der Waals surface area contributed by atoms with Crippen molar-refractivity contribution < 1.29 is 4.74 Å². The van der Waals surface area contributed by atoms with Gasteiger partial charge in [0.05, 0.1) is 6.10 Å². The molecule has 0 radical (unpaired) electrons. The van der Waals surface area contributed by atoms with Crippen LogP contribution in [0.15, 0.2) is 48.5 Å². The molecule has 0 unspecified atom stereocenters. The lowest BCUT2D eigenvalue weighted by molar-refractivity contribution is 0.114. The van der Waals surface area contributed by atoms with Gasteiger partial charge in [0.25, 0.3) is 0 Å². The number of nitrogens with zero attached hydrogens (tertiary/aromatic N) is 3. The molecule has 2 aliphatic heterocycles. The molecule has 4 aromatic rings. The van der Waals surface area contributed by atoms with E-state index in [0.717, 1.165) is 84.5 Å². The number of rotatable bonds is 5. The van der Waals surface area contributed by atoms with Crippen molar-refractivity contribution in [3.63, 3.8) is 0 Å². The minimum absolute atomic E-state index is 0.215. The highest BCUT2D eigenvalue weighted by atomic mass is 35.5. The van der Waals surface area contributed by atoms with Gasteiger partial charge < -0.3 is 14.6 Å². The molecule has 180 valence electrons. The molecule has 7 heteroatoms. The Morgan fingerprint density at radius 3 is 2.60 bits per heavy atom. The largest absolute Gasteiger partial charge is 0.376 e. The lowest BCUT2D eigenvalue weighted by Crippen LogP contribution is -2.32. The van der Waals surface area contributed by atoms with E-state index in [4.69, 9.17) is 33.7 Å². The molecule has 2 aromatic carbocycles. The molecule has 2 aromatic heterocycles. The molecule has 1 saturated heterocycles. The Morgan fingerprint density at radius 1 is 1.09 bits per heavy atom. The summed E-state index contributed by atoms with van der Waals surface area (Å²) in [6.07, 6.45) is 5.66. The highest BCUT2D eigenvalue weighted by Crippen LogP contribution is 2.38.